The van der Waals surface area contributed by atoms with Gasteiger partial charge in [0, 0.05) is 0 Å². The van der Waals surface area contributed by atoms with Crippen molar-refractivity contribution >= 4 is 27.3 Å². The molecule has 0 radical (unpaired) electrons. The zero-order chi connectivity index (χ0) is 24.7. The van der Waals surface area contributed by atoms with Crippen molar-refractivity contribution < 1.29 is 17.9 Å². The molecule has 4 rings (SSSR count). The van der Waals surface area contributed by atoms with Gasteiger partial charge >= 0.3 is 0 Å². The molecule has 0 aromatic heterocycles. The van der Waals surface area contributed by atoms with Crippen LogP contribution in [0.2, 0.25) is 0 Å². The topological polar surface area (TPSA) is 75.7 Å². The van der Waals surface area contributed by atoms with E-state index in [4.69, 9.17) is 4.74 Å². The Morgan fingerprint density at radius 1 is 0.800 bits per heavy atom. The molecule has 1 N–H and O–H groups in total. The number of nitrogens with zero attached hydrogens (tertiary/aromatic N) is 1. The van der Waals surface area contributed by atoms with Crippen LogP contribution in [0.15, 0.2) is 114 Å². The molecule has 35 heavy (non-hydrogen) atoms. The summed E-state index contributed by atoms with van der Waals surface area (Å²) < 4.78 is 34.3. The molecule has 0 aliphatic rings. The van der Waals surface area contributed by atoms with Gasteiger partial charge in [0.25, 0.3) is 10.0 Å². The van der Waals surface area contributed by atoms with E-state index >= 15 is 0 Å². The highest BCUT2D eigenvalue weighted by atomic mass is 32.2. The number of nitrogens with one attached hydrogen (secondary N) is 1. The van der Waals surface area contributed by atoms with Crippen LogP contribution < -0.4 is 14.4 Å². The zero-order valence-electron chi connectivity index (χ0n) is 19.3. The number of ether oxygens (including phenoxy) is 1. The molecule has 7 heteroatoms. The van der Waals surface area contributed by atoms with Crippen LogP contribution in [0.1, 0.15) is 12.5 Å². The van der Waals surface area contributed by atoms with Crippen LogP contribution in [-0.4, -0.2) is 20.9 Å². The lowest BCUT2D eigenvalue weighted by atomic mass is 10.1. The molecular formula is C28H26N2O4S. The fraction of sp³-hybridized carbons (Fsp3) is 0.107. The van der Waals surface area contributed by atoms with Crippen LogP contribution in [0.3, 0.4) is 0 Å². The number of aryl methyl sites for hydroxylation is 1. The van der Waals surface area contributed by atoms with Gasteiger partial charge in [-0.2, -0.15) is 0 Å². The lowest BCUT2D eigenvalue weighted by Crippen LogP contribution is -2.38. The number of hydrogen-bond donors (Lipinski definition) is 1. The van der Waals surface area contributed by atoms with E-state index in [2.05, 4.69) is 5.32 Å². The third kappa shape index (κ3) is 5.70. The van der Waals surface area contributed by atoms with Crippen LogP contribution in [0.4, 0.5) is 11.4 Å². The highest BCUT2D eigenvalue weighted by Gasteiger charge is 2.28. The number of hydrogen-bond acceptors (Lipinski definition) is 4. The summed E-state index contributed by atoms with van der Waals surface area (Å²) in [7, 11) is -3.99. The molecule has 0 heterocycles. The summed E-state index contributed by atoms with van der Waals surface area (Å²) in [5, 5.41) is 2.82. The Bertz CT molecular complexity index is 1390. The highest BCUT2D eigenvalue weighted by molar-refractivity contribution is 7.92. The first kappa shape index (κ1) is 24.0. The highest BCUT2D eigenvalue weighted by Crippen LogP contribution is 2.30. The predicted octanol–water partition coefficient (Wildman–Crippen LogP) is 5.88. The van der Waals surface area contributed by atoms with E-state index in [1.807, 2.05) is 49.4 Å². The van der Waals surface area contributed by atoms with Gasteiger partial charge in [-0.15, -0.1) is 0 Å². The van der Waals surface area contributed by atoms with Gasteiger partial charge in [0.15, 0.2) is 5.75 Å². The van der Waals surface area contributed by atoms with E-state index in [0.717, 1.165) is 9.87 Å². The van der Waals surface area contributed by atoms with Crippen LogP contribution in [0.5, 0.6) is 11.5 Å². The molecule has 6 nitrogen and oxygen atoms in total. The molecule has 0 unspecified atom stereocenters. The predicted molar refractivity (Wildman–Crippen MR) is 138 cm³/mol. The zero-order valence-corrected chi connectivity index (χ0v) is 20.1. The summed E-state index contributed by atoms with van der Waals surface area (Å²) in [5.41, 5.74) is 1.75. The van der Waals surface area contributed by atoms with Gasteiger partial charge in [-0.3, -0.25) is 9.10 Å². The van der Waals surface area contributed by atoms with E-state index in [9.17, 15) is 13.2 Å². The quantitative estimate of drug-likeness (QED) is 0.321. The molecule has 0 atom stereocenters. The van der Waals surface area contributed by atoms with Crippen molar-refractivity contribution in [2.24, 2.45) is 0 Å². The van der Waals surface area contributed by atoms with Crippen LogP contribution in [-0.2, 0) is 21.2 Å². The second-order valence-corrected chi connectivity index (χ2v) is 9.63. The van der Waals surface area contributed by atoms with Crippen molar-refractivity contribution in [2.45, 2.75) is 18.2 Å². The average molecular weight is 487 g/mol. The number of carbonyl (C=O) groups excluding carboxylic acids is 1. The van der Waals surface area contributed by atoms with Gasteiger partial charge in [0.1, 0.15) is 12.3 Å². The monoisotopic (exact) mass is 486 g/mol. The molecule has 1 amide bonds. The smallest absolute Gasteiger partial charge is 0.264 e. The minimum Gasteiger partial charge on any atom is -0.455 e. The average Bonchev–Trinajstić information content (AvgIpc) is 2.89. The lowest BCUT2D eigenvalue weighted by molar-refractivity contribution is -0.114. The maximum atomic E-state index is 13.6. The van der Waals surface area contributed by atoms with Crippen molar-refractivity contribution in [3.05, 3.63) is 115 Å². The van der Waals surface area contributed by atoms with Gasteiger partial charge < -0.3 is 10.1 Å². The Labute approximate surface area is 205 Å². The fourth-order valence-electron chi connectivity index (χ4n) is 3.67. The molecule has 0 saturated heterocycles. The maximum absolute atomic E-state index is 13.6. The number of anilines is 2. The second-order valence-electron chi connectivity index (χ2n) is 7.77. The Hall–Kier alpha value is -4.10. The first-order valence-corrected chi connectivity index (χ1v) is 12.7. The third-order valence-corrected chi connectivity index (χ3v) is 7.17. The van der Waals surface area contributed by atoms with Crippen LogP contribution in [0, 0.1) is 0 Å². The molecule has 0 spiro atoms. The summed E-state index contributed by atoms with van der Waals surface area (Å²) in [6.45, 7) is 1.55. The van der Waals surface area contributed by atoms with E-state index in [0.29, 0.717) is 29.3 Å². The largest absolute Gasteiger partial charge is 0.455 e. The summed E-state index contributed by atoms with van der Waals surface area (Å²) in [5.74, 6) is 0.595. The van der Waals surface area contributed by atoms with Crippen molar-refractivity contribution in [3.63, 3.8) is 0 Å². The van der Waals surface area contributed by atoms with Gasteiger partial charge in [-0.05, 0) is 54.4 Å². The van der Waals surface area contributed by atoms with Crippen molar-refractivity contribution in [1.29, 1.82) is 0 Å². The molecule has 0 bridgehead atoms. The minimum atomic E-state index is -3.99. The number of benzene rings is 4. The normalized spacial score (nSPS) is 11.0. The Morgan fingerprint density at radius 2 is 1.40 bits per heavy atom. The van der Waals surface area contributed by atoms with E-state index in [-0.39, 0.29) is 4.90 Å². The number of rotatable bonds is 9. The van der Waals surface area contributed by atoms with Crippen molar-refractivity contribution in [1.82, 2.24) is 0 Å². The number of carbonyl (C=O) groups is 1. The summed E-state index contributed by atoms with van der Waals surface area (Å²) in [6.07, 6.45) is 0.617. The molecular weight excluding hydrogens is 460 g/mol. The number of sulfonamides is 1. The summed E-state index contributed by atoms with van der Waals surface area (Å²) in [6, 6.07) is 31.6. The Morgan fingerprint density at radius 3 is 2.11 bits per heavy atom. The molecule has 0 saturated carbocycles. The Balaban J connectivity index is 1.64. The van der Waals surface area contributed by atoms with Gasteiger partial charge in [-0.1, -0.05) is 73.7 Å². The Kier molecular flexibility index (Phi) is 7.48. The lowest BCUT2D eigenvalue weighted by Gasteiger charge is -2.26. The van der Waals surface area contributed by atoms with Crippen molar-refractivity contribution in [3.8, 4) is 11.5 Å². The van der Waals surface area contributed by atoms with E-state index < -0.39 is 22.5 Å². The summed E-state index contributed by atoms with van der Waals surface area (Å²) >= 11 is 0. The molecule has 4 aromatic carbocycles. The van der Waals surface area contributed by atoms with Gasteiger partial charge in [0.05, 0.1) is 16.3 Å². The van der Waals surface area contributed by atoms with Crippen molar-refractivity contribution in [2.75, 3.05) is 16.2 Å². The molecule has 178 valence electrons. The molecule has 0 fully saturated rings. The molecule has 0 aliphatic carbocycles. The first-order chi connectivity index (χ1) is 17.0. The van der Waals surface area contributed by atoms with E-state index in [1.54, 1.807) is 54.6 Å². The standard InChI is InChI=1S/C28H26N2O4S/c1-2-22-13-9-11-19-26(22)30(35(32,33)24-16-7-4-8-17-24)21-28(31)29-25-18-10-12-20-27(25)34-23-14-5-3-6-15-23/h3-20H,2,21H2,1H3,(H,29,31). The van der Waals surface area contributed by atoms with Gasteiger partial charge in [0.2, 0.25) is 5.91 Å². The number of amides is 1. The fourth-order valence-corrected chi connectivity index (χ4v) is 5.15. The molecule has 0 aliphatic heterocycles. The molecule has 4 aromatic rings. The SMILES string of the molecule is CCc1ccccc1N(CC(=O)Nc1ccccc1Oc1ccccc1)S(=O)(=O)c1ccccc1. The second kappa shape index (κ2) is 10.9. The van der Waals surface area contributed by atoms with Crippen LogP contribution >= 0.6 is 0 Å². The van der Waals surface area contributed by atoms with E-state index in [1.165, 1.54) is 12.1 Å². The maximum Gasteiger partial charge on any atom is 0.264 e. The first-order valence-electron chi connectivity index (χ1n) is 11.3. The number of para-hydroxylation sites is 4. The third-order valence-electron chi connectivity index (χ3n) is 5.39. The minimum absolute atomic E-state index is 0.117. The van der Waals surface area contributed by atoms with Gasteiger partial charge in [-0.25, -0.2) is 8.42 Å². The summed E-state index contributed by atoms with van der Waals surface area (Å²) in [4.78, 5) is 13.3. The van der Waals surface area contributed by atoms with Crippen LogP contribution in [0.25, 0.3) is 0 Å².